The first-order valence-electron chi connectivity index (χ1n) is 4.51. The first kappa shape index (κ1) is 14.3. The number of rotatable bonds is 3. The molecule has 0 aromatic heterocycles. The molecule has 0 unspecified atom stereocenters. The minimum Gasteiger partial charge on any atom is -0.481 e. The zero-order chi connectivity index (χ0) is 14.1. The van der Waals surface area contributed by atoms with E-state index in [1.165, 1.54) is 0 Å². The predicted molar refractivity (Wildman–Crippen MR) is 47.5 cm³/mol. The summed E-state index contributed by atoms with van der Waals surface area (Å²) in [5.41, 5.74) is -2.80. The summed E-state index contributed by atoms with van der Waals surface area (Å²) in [5, 5.41) is 8.21. The highest BCUT2D eigenvalue weighted by Crippen LogP contribution is 2.36. The fourth-order valence-electron chi connectivity index (χ4n) is 1.26. The third-order valence-corrected chi connectivity index (χ3v) is 2.07. The second-order valence-electron chi connectivity index (χ2n) is 3.47. The average Bonchev–Trinajstić information content (AvgIpc) is 2.13. The molecule has 0 amide bonds. The van der Waals surface area contributed by atoms with Crippen LogP contribution in [0.1, 0.15) is 17.5 Å². The fraction of sp³-hybridized carbons (Fsp3) is 0.300. The van der Waals surface area contributed by atoms with Gasteiger partial charge in [0.2, 0.25) is 0 Å². The zero-order valence-electron chi connectivity index (χ0n) is 8.56. The fourth-order valence-corrected chi connectivity index (χ4v) is 1.26. The highest BCUT2D eigenvalue weighted by Gasteiger charge is 2.38. The number of alkyl halides is 5. The molecule has 0 spiro atoms. The van der Waals surface area contributed by atoms with Gasteiger partial charge in [0.15, 0.2) is 0 Å². The monoisotopic (exact) mass is 272 g/mol. The van der Waals surface area contributed by atoms with Crippen LogP contribution in [0.15, 0.2) is 18.2 Å². The summed E-state index contributed by atoms with van der Waals surface area (Å²) in [5.74, 6) is -7.65. The Bertz CT molecular complexity index is 466. The van der Waals surface area contributed by atoms with Gasteiger partial charge < -0.3 is 5.11 Å². The van der Waals surface area contributed by atoms with E-state index in [1.54, 1.807) is 0 Å². The molecular weight excluding hydrogens is 266 g/mol. The van der Waals surface area contributed by atoms with Crippen LogP contribution in [-0.4, -0.2) is 11.1 Å². The molecule has 0 radical (unpaired) electrons. The lowest BCUT2D eigenvalue weighted by molar-refractivity contribution is -0.146. The van der Waals surface area contributed by atoms with Crippen molar-refractivity contribution in [2.24, 2.45) is 0 Å². The van der Waals surface area contributed by atoms with Crippen molar-refractivity contribution in [1.82, 2.24) is 0 Å². The molecule has 0 atom stereocenters. The van der Waals surface area contributed by atoms with E-state index < -0.39 is 41.4 Å². The highest BCUT2D eigenvalue weighted by atomic mass is 19.4. The Kier molecular flexibility index (Phi) is 3.59. The molecule has 0 saturated heterocycles. The maximum absolute atomic E-state index is 13.2. The first-order chi connectivity index (χ1) is 8.04. The second kappa shape index (κ2) is 4.51. The van der Waals surface area contributed by atoms with E-state index in [2.05, 4.69) is 0 Å². The molecule has 18 heavy (non-hydrogen) atoms. The number of hydrogen-bond acceptors (Lipinski definition) is 1. The average molecular weight is 272 g/mol. The van der Waals surface area contributed by atoms with Crippen LogP contribution in [0.4, 0.5) is 26.3 Å². The molecule has 100 valence electrons. The van der Waals surface area contributed by atoms with Crippen LogP contribution in [-0.2, 0) is 16.9 Å². The largest absolute Gasteiger partial charge is 0.481 e. The Morgan fingerprint density at radius 2 is 1.72 bits per heavy atom. The molecule has 0 fully saturated rings. The van der Waals surface area contributed by atoms with Crippen molar-refractivity contribution in [2.45, 2.75) is 18.5 Å². The van der Waals surface area contributed by atoms with E-state index in [0.717, 1.165) is 0 Å². The maximum Gasteiger partial charge on any atom is 0.419 e. The molecular formula is C10H6F6O2. The Labute approximate surface area is 96.8 Å². The van der Waals surface area contributed by atoms with Gasteiger partial charge in [0.1, 0.15) is 12.2 Å². The Balaban J connectivity index is 3.15. The summed E-state index contributed by atoms with van der Waals surface area (Å²) in [4.78, 5) is 10.1. The number of benzene rings is 1. The van der Waals surface area contributed by atoms with E-state index >= 15 is 0 Å². The number of carbonyl (C=O) groups is 1. The predicted octanol–water partition coefficient (Wildman–Crippen LogP) is 3.41. The molecule has 0 bridgehead atoms. The molecule has 0 saturated carbocycles. The molecule has 0 aliphatic carbocycles. The van der Waals surface area contributed by atoms with Crippen molar-refractivity contribution in [3.05, 3.63) is 35.1 Å². The van der Waals surface area contributed by atoms with Gasteiger partial charge in [-0.3, -0.25) is 4.79 Å². The molecule has 1 rings (SSSR count). The molecule has 1 N–H and O–H groups in total. The summed E-state index contributed by atoms with van der Waals surface area (Å²) in [6.45, 7) is 0. The van der Waals surface area contributed by atoms with E-state index in [0.29, 0.717) is 6.07 Å². The maximum atomic E-state index is 13.2. The van der Waals surface area contributed by atoms with Crippen molar-refractivity contribution < 1.29 is 36.2 Å². The molecule has 0 aliphatic rings. The van der Waals surface area contributed by atoms with E-state index in [9.17, 15) is 31.1 Å². The van der Waals surface area contributed by atoms with E-state index in [4.69, 9.17) is 5.11 Å². The van der Waals surface area contributed by atoms with Crippen molar-refractivity contribution in [3.63, 3.8) is 0 Å². The highest BCUT2D eigenvalue weighted by molar-refractivity contribution is 5.68. The summed E-state index contributed by atoms with van der Waals surface area (Å²) in [6, 6.07) is 0.501. The summed E-state index contributed by atoms with van der Waals surface area (Å²) in [7, 11) is 0. The van der Waals surface area contributed by atoms with Crippen LogP contribution in [0.5, 0.6) is 0 Å². The first-order valence-corrected chi connectivity index (χ1v) is 4.51. The summed E-state index contributed by atoms with van der Waals surface area (Å²) < 4.78 is 75.9. The van der Waals surface area contributed by atoms with Gasteiger partial charge >= 0.3 is 12.1 Å². The number of hydrogen-bond donors (Lipinski definition) is 1. The van der Waals surface area contributed by atoms with Gasteiger partial charge in [-0.1, -0.05) is 6.07 Å². The van der Waals surface area contributed by atoms with Crippen LogP contribution in [0.2, 0.25) is 0 Å². The SMILES string of the molecule is O=C(O)CC(F)(F)c1ccc(C(F)(F)F)c(F)c1. The summed E-state index contributed by atoms with van der Waals surface area (Å²) in [6.07, 6.45) is -6.62. The van der Waals surface area contributed by atoms with Crippen LogP contribution in [0.25, 0.3) is 0 Å². The number of carboxylic acids is 1. The lowest BCUT2D eigenvalue weighted by Gasteiger charge is -2.16. The molecule has 1 aromatic rings. The van der Waals surface area contributed by atoms with Crippen LogP contribution in [0, 0.1) is 5.82 Å². The van der Waals surface area contributed by atoms with Crippen molar-refractivity contribution in [3.8, 4) is 0 Å². The van der Waals surface area contributed by atoms with Crippen molar-refractivity contribution >= 4 is 5.97 Å². The number of halogens is 6. The van der Waals surface area contributed by atoms with Gasteiger partial charge in [-0.25, -0.2) is 13.2 Å². The van der Waals surface area contributed by atoms with Crippen molar-refractivity contribution in [2.75, 3.05) is 0 Å². The molecule has 0 aliphatic heterocycles. The van der Waals surface area contributed by atoms with Gasteiger partial charge in [-0.15, -0.1) is 0 Å². The van der Waals surface area contributed by atoms with Crippen LogP contribution in [0.3, 0.4) is 0 Å². The van der Waals surface area contributed by atoms with Gasteiger partial charge in [0.25, 0.3) is 5.92 Å². The standard InChI is InChI=1S/C10H6F6O2/c11-7-3-5(9(12,13)4-8(17)18)1-2-6(7)10(14,15)16/h1-3H,4H2,(H,17,18). The lowest BCUT2D eigenvalue weighted by atomic mass is 10.0. The van der Waals surface area contributed by atoms with Crippen LogP contribution >= 0.6 is 0 Å². The van der Waals surface area contributed by atoms with Gasteiger partial charge in [0, 0.05) is 5.56 Å². The molecule has 0 heterocycles. The third-order valence-electron chi connectivity index (χ3n) is 2.07. The second-order valence-corrected chi connectivity index (χ2v) is 3.47. The quantitative estimate of drug-likeness (QED) is 0.856. The molecule has 8 heteroatoms. The number of carboxylic acid groups (broad SMARTS) is 1. The summed E-state index contributed by atoms with van der Waals surface area (Å²) >= 11 is 0. The van der Waals surface area contributed by atoms with Crippen LogP contribution < -0.4 is 0 Å². The normalized spacial score (nSPS) is 12.6. The topological polar surface area (TPSA) is 37.3 Å². The Morgan fingerprint density at radius 1 is 1.17 bits per heavy atom. The Hall–Kier alpha value is -1.73. The van der Waals surface area contributed by atoms with Gasteiger partial charge in [0.05, 0.1) is 5.56 Å². The minimum absolute atomic E-state index is 0.00817. The van der Waals surface area contributed by atoms with Gasteiger partial charge in [-0.05, 0) is 12.1 Å². The Morgan fingerprint density at radius 3 is 2.11 bits per heavy atom. The number of aliphatic carboxylic acids is 1. The molecule has 1 aromatic carbocycles. The smallest absolute Gasteiger partial charge is 0.419 e. The molecule has 2 nitrogen and oxygen atoms in total. The van der Waals surface area contributed by atoms with E-state index in [-0.39, 0.29) is 12.1 Å². The van der Waals surface area contributed by atoms with Gasteiger partial charge in [-0.2, -0.15) is 13.2 Å². The van der Waals surface area contributed by atoms with Crippen molar-refractivity contribution in [1.29, 1.82) is 0 Å². The minimum atomic E-state index is -5.00. The third kappa shape index (κ3) is 3.14. The lowest BCUT2D eigenvalue weighted by Crippen LogP contribution is -2.19. The zero-order valence-corrected chi connectivity index (χ0v) is 8.56. The van der Waals surface area contributed by atoms with E-state index in [1.807, 2.05) is 0 Å².